The average molecular weight is 761 g/mol. The van der Waals surface area contributed by atoms with Crippen molar-refractivity contribution in [1.82, 2.24) is 4.98 Å². The van der Waals surface area contributed by atoms with E-state index in [4.69, 9.17) is 10.7 Å². The predicted octanol–water partition coefficient (Wildman–Crippen LogP) is 13.0. The van der Waals surface area contributed by atoms with Gasteiger partial charge < -0.3 is 5.73 Å². The standard InChI is InChI=1S/C55H44N4/c1-3-38(55(57-2)59-54(56)46-31-28-39-12-4-5-13-43(39)35-46)34-44(40-26-29-41(30-27-40)48-32-33-58-53-19-11-10-18-51(48)53)25-22-37-20-23-42(24-21-37)52-36-45-14-6-7-15-47(45)49-16-8-9-17-50(49)52/h3-10,12-18,20-21,23-36H,1,11,19,22H2,2H3,(H2,56,57,59)/b38-34+,44-25+. The fourth-order valence-corrected chi connectivity index (χ4v) is 8.17. The van der Waals surface area contributed by atoms with Crippen molar-refractivity contribution in [3.63, 3.8) is 0 Å². The molecule has 1 aliphatic rings. The van der Waals surface area contributed by atoms with Crippen LogP contribution >= 0.6 is 0 Å². The van der Waals surface area contributed by atoms with E-state index in [0.29, 0.717) is 11.7 Å². The van der Waals surface area contributed by atoms with Gasteiger partial charge in [-0.1, -0.05) is 164 Å². The summed E-state index contributed by atoms with van der Waals surface area (Å²) in [7, 11) is 1.74. The molecule has 0 amide bonds. The van der Waals surface area contributed by atoms with Gasteiger partial charge in [-0.15, -0.1) is 0 Å². The first kappa shape index (κ1) is 37.2. The van der Waals surface area contributed by atoms with Gasteiger partial charge >= 0.3 is 0 Å². The van der Waals surface area contributed by atoms with Gasteiger partial charge in [0, 0.05) is 35.6 Å². The second kappa shape index (κ2) is 16.6. The van der Waals surface area contributed by atoms with Gasteiger partial charge in [0.05, 0.1) is 0 Å². The summed E-state index contributed by atoms with van der Waals surface area (Å²) in [4.78, 5) is 14.1. The molecular weight excluding hydrogens is 717 g/mol. The molecule has 4 heteroatoms. The topological polar surface area (TPSA) is 63.6 Å². The Morgan fingerprint density at radius 2 is 1.37 bits per heavy atom. The molecule has 1 heterocycles. The number of fused-ring (bicyclic) bond motifs is 5. The minimum Gasteiger partial charge on any atom is -0.383 e. The van der Waals surface area contributed by atoms with Crippen LogP contribution in [0.15, 0.2) is 204 Å². The fourth-order valence-electron chi connectivity index (χ4n) is 8.17. The fraction of sp³-hybridized carbons (Fsp3) is 0.0727. The molecule has 0 saturated carbocycles. The predicted molar refractivity (Wildman–Crippen MR) is 252 cm³/mol. The smallest absolute Gasteiger partial charge is 0.156 e. The number of nitrogens with two attached hydrogens (primary N) is 1. The summed E-state index contributed by atoms with van der Waals surface area (Å²) in [5, 5.41) is 7.30. The molecule has 4 nitrogen and oxygen atoms in total. The number of rotatable bonds is 9. The van der Waals surface area contributed by atoms with Crippen molar-refractivity contribution >= 4 is 55.6 Å². The number of aromatic nitrogens is 1. The summed E-state index contributed by atoms with van der Waals surface area (Å²) in [6.07, 6.45) is 15.3. The number of hydrogen-bond acceptors (Lipinski definition) is 2. The van der Waals surface area contributed by atoms with E-state index < -0.39 is 0 Å². The summed E-state index contributed by atoms with van der Waals surface area (Å²) in [6, 6.07) is 53.9. The Labute approximate surface area is 345 Å². The highest BCUT2D eigenvalue weighted by Gasteiger charge is 2.14. The van der Waals surface area contributed by atoms with Crippen LogP contribution in [0.5, 0.6) is 0 Å². The van der Waals surface area contributed by atoms with Crippen LogP contribution in [0.4, 0.5) is 0 Å². The molecule has 7 aromatic carbocycles. The molecule has 9 rings (SSSR count). The SMILES string of the molecule is C=C/C(=C\C(=C/Cc1ccc(-c2cc3ccccc3c3ccccc23)cc1)c1ccc(-c2ccnc3c2C=CCC3)cc1)C(=NC)N=C(N)c1ccc2ccccc2c1. The third kappa shape index (κ3) is 7.69. The van der Waals surface area contributed by atoms with Crippen LogP contribution in [0.2, 0.25) is 0 Å². The van der Waals surface area contributed by atoms with Gasteiger partial charge in [0.2, 0.25) is 0 Å². The van der Waals surface area contributed by atoms with Gasteiger partial charge in [-0.05, 0) is 115 Å². The molecule has 59 heavy (non-hydrogen) atoms. The summed E-state index contributed by atoms with van der Waals surface area (Å²) in [6.45, 7) is 4.19. The van der Waals surface area contributed by atoms with Gasteiger partial charge in [-0.2, -0.15) is 0 Å². The Balaban J connectivity index is 1.07. The molecule has 2 N–H and O–H groups in total. The van der Waals surface area contributed by atoms with Crippen LogP contribution in [0.3, 0.4) is 0 Å². The molecule has 1 aromatic heterocycles. The molecule has 284 valence electrons. The Morgan fingerprint density at radius 3 is 2.15 bits per heavy atom. The highest BCUT2D eigenvalue weighted by atomic mass is 15.0. The molecule has 0 saturated heterocycles. The van der Waals surface area contributed by atoms with E-state index in [0.717, 1.165) is 63.6 Å². The van der Waals surface area contributed by atoms with Crippen molar-refractivity contribution in [3.05, 3.63) is 222 Å². The van der Waals surface area contributed by atoms with E-state index in [9.17, 15) is 0 Å². The highest BCUT2D eigenvalue weighted by Crippen LogP contribution is 2.36. The summed E-state index contributed by atoms with van der Waals surface area (Å²) < 4.78 is 0. The Hall–Kier alpha value is -7.43. The van der Waals surface area contributed by atoms with Crippen molar-refractivity contribution in [2.45, 2.75) is 19.3 Å². The Bertz CT molecular complexity index is 3030. The Kier molecular flexibility index (Phi) is 10.4. The van der Waals surface area contributed by atoms with Gasteiger partial charge in [-0.25, -0.2) is 4.99 Å². The monoisotopic (exact) mass is 760 g/mol. The van der Waals surface area contributed by atoms with Crippen molar-refractivity contribution in [2.24, 2.45) is 15.7 Å². The third-order valence-electron chi connectivity index (χ3n) is 11.3. The zero-order chi connectivity index (χ0) is 40.1. The van der Waals surface area contributed by atoms with Gasteiger partial charge in [0.1, 0.15) is 5.84 Å². The van der Waals surface area contributed by atoms with Crippen LogP contribution < -0.4 is 5.73 Å². The first-order valence-electron chi connectivity index (χ1n) is 20.2. The minimum absolute atomic E-state index is 0.396. The van der Waals surface area contributed by atoms with Gasteiger partial charge in [-0.3, -0.25) is 9.98 Å². The largest absolute Gasteiger partial charge is 0.383 e. The van der Waals surface area contributed by atoms with Crippen LogP contribution in [-0.2, 0) is 12.8 Å². The van der Waals surface area contributed by atoms with Crippen LogP contribution in [0.1, 0.15) is 34.4 Å². The second-order valence-corrected chi connectivity index (χ2v) is 14.9. The maximum Gasteiger partial charge on any atom is 0.156 e. The van der Waals surface area contributed by atoms with Gasteiger partial charge in [0.15, 0.2) is 5.84 Å². The molecule has 0 atom stereocenters. The Morgan fingerprint density at radius 1 is 0.695 bits per heavy atom. The van der Waals surface area contributed by atoms with E-state index in [2.05, 4.69) is 174 Å². The summed E-state index contributed by atoms with van der Waals surface area (Å²) in [5.41, 5.74) is 18.7. The number of allylic oxidation sites excluding steroid dienone is 4. The first-order valence-corrected chi connectivity index (χ1v) is 20.2. The minimum atomic E-state index is 0.396. The highest BCUT2D eigenvalue weighted by molar-refractivity contribution is 6.14. The molecule has 1 aliphatic carbocycles. The van der Waals surface area contributed by atoms with E-state index >= 15 is 0 Å². The summed E-state index contributed by atoms with van der Waals surface area (Å²) in [5.74, 6) is 0.906. The normalized spacial score (nSPS) is 13.6. The lowest BCUT2D eigenvalue weighted by molar-refractivity contribution is 0.928. The number of benzene rings is 7. The second-order valence-electron chi connectivity index (χ2n) is 14.9. The van der Waals surface area contributed by atoms with E-state index in [1.165, 1.54) is 49.4 Å². The quantitative estimate of drug-likeness (QED) is 0.0689. The van der Waals surface area contributed by atoms with Crippen LogP contribution in [0.25, 0.3) is 66.2 Å². The number of pyridine rings is 1. The molecule has 8 aromatic rings. The number of hydrogen-bond donors (Lipinski definition) is 1. The number of aryl methyl sites for hydroxylation is 1. The number of nitrogens with zero attached hydrogens (tertiary/aromatic N) is 3. The van der Waals surface area contributed by atoms with Crippen LogP contribution in [0, 0.1) is 0 Å². The summed E-state index contributed by atoms with van der Waals surface area (Å²) >= 11 is 0. The molecular formula is C55H44N4. The molecule has 0 unspecified atom stereocenters. The van der Waals surface area contributed by atoms with Crippen molar-refractivity contribution in [1.29, 1.82) is 0 Å². The van der Waals surface area contributed by atoms with Gasteiger partial charge in [0.25, 0.3) is 0 Å². The van der Waals surface area contributed by atoms with E-state index in [-0.39, 0.29) is 0 Å². The average Bonchev–Trinajstić information content (AvgIpc) is 3.30. The van der Waals surface area contributed by atoms with Crippen molar-refractivity contribution < 1.29 is 0 Å². The molecule has 0 fully saturated rings. The zero-order valence-corrected chi connectivity index (χ0v) is 33.1. The lowest BCUT2D eigenvalue weighted by Gasteiger charge is -2.15. The molecule has 0 spiro atoms. The third-order valence-corrected chi connectivity index (χ3v) is 11.3. The van der Waals surface area contributed by atoms with Crippen molar-refractivity contribution in [3.8, 4) is 22.3 Å². The van der Waals surface area contributed by atoms with E-state index in [1.807, 2.05) is 24.4 Å². The first-order chi connectivity index (χ1) is 29.1. The number of aliphatic imine (C=N–C) groups is 2. The molecule has 0 aliphatic heterocycles. The van der Waals surface area contributed by atoms with Crippen molar-refractivity contribution in [2.75, 3.05) is 7.05 Å². The lowest BCUT2D eigenvalue weighted by atomic mass is 9.92. The van der Waals surface area contributed by atoms with E-state index in [1.54, 1.807) is 13.1 Å². The molecule has 0 radical (unpaired) electrons. The maximum atomic E-state index is 6.65. The number of amidine groups is 2. The van der Waals surface area contributed by atoms with Crippen LogP contribution in [-0.4, -0.2) is 23.7 Å². The zero-order valence-electron chi connectivity index (χ0n) is 33.1. The lowest BCUT2D eigenvalue weighted by Crippen LogP contribution is -2.16. The maximum absolute atomic E-state index is 6.65. The molecule has 0 bridgehead atoms.